The Labute approximate surface area is 101 Å². The number of carboxylic acid groups (broad SMARTS) is 1. The molecule has 4 heteroatoms. The summed E-state index contributed by atoms with van der Waals surface area (Å²) in [7, 11) is 0. The molecule has 3 N–H and O–H groups in total. The summed E-state index contributed by atoms with van der Waals surface area (Å²) >= 11 is 0. The Morgan fingerprint density at radius 2 is 2.24 bits per heavy atom. The van der Waals surface area contributed by atoms with Crippen LogP contribution < -0.4 is 5.32 Å². The third-order valence-corrected chi connectivity index (χ3v) is 2.74. The van der Waals surface area contributed by atoms with Gasteiger partial charge in [0, 0.05) is 19.2 Å². The Bertz CT molecular complexity index is 365. The molecule has 0 bridgehead atoms. The number of aliphatic hydroxyl groups excluding tert-OH is 1. The maximum absolute atomic E-state index is 10.8. The smallest absolute Gasteiger partial charge is 0.335 e. The highest BCUT2D eigenvalue weighted by molar-refractivity contribution is 5.87. The number of hydrogen-bond donors (Lipinski definition) is 3. The van der Waals surface area contributed by atoms with Crippen molar-refractivity contribution in [3.05, 3.63) is 35.4 Å². The van der Waals surface area contributed by atoms with E-state index in [9.17, 15) is 4.79 Å². The number of carboxylic acids is 1. The molecule has 1 unspecified atom stereocenters. The Balaban J connectivity index is 2.56. The van der Waals surface area contributed by atoms with Gasteiger partial charge in [-0.2, -0.15) is 0 Å². The normalized spacial score (nSPS) is 12.4. The predicted molar refractivity (Wildman–Crippen MR) is 66.0 cm³/mol. The molecule has 0 aliphatic heterocycles. The first-order valence-corrected chi connectivity index (χ1v) is 5.83. The molecule has 0 aliphatic carbocycles. The quantitative estimate of drug-likeness (QED) is 0.674. The molecule has 0 spiro atoms. The fourth-order valence-corrected chi connectivity index (χ4v) is 1.68. The summed E-state index contributed by atoms with van der Waals surface area (Å²) in [6.07, 6.45) is 1.66. The van der Waals surface area contributed by atoms with Crippen LogP contribution in [0, 0.1) is 0 Å². The summed E-state index contributed by atoms with van der Waals surface area (Å²) in [4.78, 5) is 10.8. The monoisotopic (exact) mass is 237 g/mol. The number of nitrogens with one attached hydrogen (secondary N) is 1. The summed E-state index contributed by atoms with van der Waals surface area (Å²) < 4.78 is 0. The number of carbonyl (C=O) groups is 1. The largest absolute Gasteiger partial charge is 0.478 e. The SMILES string of the molecule is CCC(CCO)NCc1cccc(C(=O)O)c1. The van der Waals surface area contributed by atoms with Crippen molar-refractivity contribution in [1.82, 2.24) is 5.32 Å². The minimum absolute atomic E-state index is 0.167. The minimum atomic E-state index is -0.908. The number of hydrogen-bond acceptors (Lipinski definition) is 3. The molecule has 0 aliphatic rings. The molecule has 1 aromatic rings. The Hall–Kier alpha value is -1.39. The molecule has 4 nitrogen and oxygen atoms in total. The van der Waals surface area contributed by atoms with Gasteiger partial charge in [-0.15, -0.1) is 0 Å². The van der Waals surface area contributed by atoms with E-state index >= 15 is 0 Å². The van der Waals surface area contributed by atoms with Crippen molar-refractivity contribution in [3.63, 3.8) is 0 Å². The molecule has 1 rings (SSSR count). The van der Waals surface area contributed by atoms with Crippen LogP contribution in [0.5, 0.6) is 0 Å². The van der Waals surface area contributed by atoms with Gasteiger partial charge in [0.2, 0.25) is 0 Å². The van der Waals surface area contributed by atoms with E-state index in [0.717, 1.165) is 18.4 Å². The molecule has 0 aromatic heterocycles. The van der Waals surface area contributed by atoms with Crippen molar-refractivity contribution in [2.75, 3.05) is 6.61 Å². The molecule has 1 atom stereocenters. The molecular formula is C13H19NO3. The van der Waals surface area contributed by atoms with Crippen LogP contribution in [-0.2, 0) is 6.54 Å². The summed E-state index contributed by atoms with van der Waals surface area (Å²) in [5, 5.41) is 21.0. The zero-order valence-corrected chi connectivity index (χ0v) is 10.0. The van der Waals surface area contributed by atoms with Crippen molar-refractivity contribution in [1.29, 1.82) is 0 Å². The highest BCUT2D eigenvalue weighted by Gasteiger charge is 2.06. The van der Waals surface area contributed by atoms with Crippen LogP contribution in [0.25, 0.3) is 0 Å². The third kappa shape index (κ3) is 4.54. The van der Waals surface area contributed by atoms with Gasteiger partial charge in [-0.05, 0) is 30.5 Å². The second-order valence-corrected chi connectivity index (χ2v) is 4.00. The van der Waals surface area contributed by atoms with E-state index in [0.29, 0.717) is 12.1 Å². The Morgan fingerprint density at radius 3 is 2.82 bits per heavy atom. The summed E-state index contributed by atoms with van der Waals surface area (Å²) in [5.74, 6) is -0.908. The highest BCUT2D eigenvalue weighted by Crippen LogP contribution is 2.06. The van der Waals surface area contributed by atoms with Crippen molar-refractivity contribution < 1.29 is 15.0 Å². The fourth-order valence-electron chi connectivity index (χ4n) is 1.68. The zero-order valence-electron chi connectivity index (χ0n) is 10.0. The van der Waals surface area contributed by atoms with Crippen LogP contribution in [0.4, 0.5) is 0 Å². The topological polar surface area (TPSA) is 69.6 Å². The first-order chi connectivity index (χ1) is 8.17. The van der Waals surface area contributed by atoms with E-state index in [2.05, 4.69) is 12.2 Å². The van der Waals surface area contributed by atoms with Crippen LogP contribution in [0.1, 0.15) is 35.7 Å². The molecule has 0 fully saturated rings. The van der Waals surface area contributed by atoms with Gasteiger partial charge in [-0.3, -0.25) is 0 Å². The third-order valence-electron chi connectivity index (χ3n) is 2.74. The van der Waals surface area contributed by atoms with E-state index in [-0.39, 0.29) is 12.6 Å². The lowest BCUT2D eigenvalue weighted by Crippen LogP contribution is -2.28. The first kappa shape index (κ1) is 13.7. The average Bonchev–Trinajstić information content (AvgIpc) is 2.34. The van der Waals surface area contributed by atoms with E-state index in [1.807, 2.05) is 6.07 Å². The second-order valence-electron chi connectivity index (χ2n) is 4.00. The molecule has 94 valence electrons. The zero-order chi connectivity index (χ0) is 12.7. The summed E-state index contributed by atoms with van der Waals surface area (Å²) in [6.45, 7) is 2.85. The Morgan fingerprint density at radius 1 is 1.47 bits per heavy atom. The average molecular weight is 237 g/mol. The molecule has 0 saturated heterocycles. The van der Waals surface area contributed by atoms with Gasteiger partial charge in [0.05, 0.1) is 5.56 Å². The standard InChI is InChI=1S/C13H19NO3/c1-2-12(6-7-15)14-9-10-4-3-5-11(8-10)13(16)17/h3-5,8,12,14-15H,2,6-7,9H2,1H3,(H,16,17). The number of aromatic carboxylic acids is 1. The maximum Gasteiger partial charge on any atom is 0.335 e. The number of rotatable bonds is 7. The van der Waals surface area contributed by atoms with Gasteiger partial charge in [0.15, 0.2) is 0 Å². The van der Waals surface area contributed by atoms with Crippen LogP contribution in [0.15, 0.2) is 24.3 Å². The highest BCUT2D eigenvalue weighted by atomic mass is 16.4. The van der Waals surface area contributed by atoms with Crippen molar-refractivity contribution in [2.24, 2.45) is 0 Å². The Kier molecular flexibility index (Phi) is 5.66. The van der Waals surface area contributed by atoms with Gasteiger partial charge in [0.25, 0.3) is 0 Å². The molecule has 0 heterocycles. The van der Waals surface area contributed by atoms with E-state index in [1.54, 1.807) is 18.2 Å². The molecular weight excluding hydrogens is 218 g/mol. The lowest BCUT2D eigenvalue weighted by atomic mass is 10.1. The van der Waals surface area contributed by atoms with Gasteiger partial charge in [0.1, 0.15) is 0 Å². The van der Waals surface area contributed by atoms with E-state index in [1.165, 1.54) is 0 Å². The number of aliphatic hydroxyl groups is 1. The molecule has 1 aromatic carbocycles. The van der Waals surface area contributed by atoms with Crippen LogP contribution >= 0.6 is 0 Å². The van der Waals surface area contributed by atoms with Gasteiger partial charge in [-0.25, -0.2) is 4.79 Å². The summed E-state index contributed by atoms with van der Waals surface area (Å²) in [5.41, 5.74) is 1.25. The predicted octanol–water partition coefficient (Wildman–Crippen LogP) is 1.64. The van der Waals surface area contributed by atoms with Gasteiger partial charge < -0.3 is 15.5 Å². The van der Waals surface area contributed by atoms with Crippen LogP contribution in [-0.4, -0.2) is 28.8 Å². The van der Waals surface area contributed by atoms with Crippen molar-refractivity contribution >= 4 is 5.97 Å². The van der Waals surface area contributed by atoms with Crippen LogP contribution in [0.3, 0.4) is 0 Å². The number of benzene rings is 1. The van der Waals surface area contributed by atoms with E-state index in [4.69, 9.17) is 10.2 Å². The van der Waals surface area contributed by atoms with Crippen molar-refractivity contribution in [2.45, 2.75) is 32.4 Å². The van der Waals surface area contributed by atoms with E-state index < -0.39 is 5.97 Å². The van der Waals surface area contributed by atoms with Gasteiger partial charge in [-0.1, -0.05) is 19.1 Å². The van der Waals surface area contributed by atoms with Crippen molar-refractivity contribution in [3.8, 4) is 0 Å². The lowest BCUT2D eigenvalue weighted by molar-refractivity contribution is 0.0696. The first-order valence-electron chi connectivity index (χ1n) is 5.83. The second kappa shape index (κ2) is 7.04. The molecule has 0 amide bonds. The molecule has 0 radical (unpaired) electrons. The maximum atomic E-state index is 10.8. The van der Waals surface area contributed by atoms with Crippen LogP contribution in [0.2, 0.25) is 0 Å². The van der Waals surface area contributed by atoms with Gasteiger partial charge >= 0.3 is 5.97 Å². The minimum Gasteiger partial charge on any atom is -0.478 e. The molecule has 0 saturated carbocycles. The lowest BCUT2D eigenvalue weighted by Gasteiger charge is -2.15. The summed E-state index contributed by atoms with van der Waals surface area (Å²) in [6, 6.07) is 7.16. The molecule has 17 heavy (non-hydrogen) atoms. The fraction of sp³-hybridized carbons (Fsp3) is 0.462.